The van der Waals surface area contributed by atoms with Gasteiger partial charge < -0.3 is 23.6 Å². The van der Waals surface area contributed by atoms with E-state index in [0.29, 0.717) is 39.9 Å². The molecule has 0 amide bonds. The van der Waals surface area contributed by atoms with Crippen molar-refractivity contribution < 1.29 is 28.2 Å². The molecule has 1 unspecified atom stereocenters. The van der Waals surface area contributed by atoms with Crippen molar-refractivity contribution >= 4 is 19.4 Å². The summed E-state index contributed by atoms with van der Waals surface area (Å²) in [6.07, 6.45) is 1.86. The van der Waals surface area contributed by atoms with Crippen LogP contribution in [-0.2, 0) is 4.57 Å². The van der Waals surface area contributed by atoms with Crippen LogP contribution in [0, 0.1) is 0 Å². The van der Waals surface area contributed by atoms with Gasteiger partial charge in [0, 0.05) is 22.7 Å². The molecule has 3 aromatic rings. The molecule has 0 bridgehead atoms. The van der Waals surface area contributed by atoms with Crippen molar-refractivity contribution in [1.29, 1.82) is 0 Å². The summed E-state index contributed by atoms with van der Waals surface area (Å²) in [6, 6.07) is 8.95. The third-order valence-electron chi connectivity index (χ3n) is 4.20. The van der Waals surface area contributed by atoms with E-state index in [1.165, 1.54) is 11.8 Å². The fraction of sp³-hybridized carbons (Fsp3) is 0.222. The van der Waals surface area contributed by atoms with Crippen LogP contribution in [-0.4, -0.2) is 47.1 Å². The predicted molar refractivity (Wildman–Crippen MR) is 108 cm³/mol. The molecule has 0 fully saturated rings. The van der Waals surface area contributed by atoms with E-state index in [-0.39, 0.29) is 6.79 Å². The minimum Gasteiger partial charge on any atom is -0.493 e. The number of hydrogen-bond acceptors (Lipinski definition) is 8. The normalized spacial score (nSPS) is 14.5. The molecule has 1 aliphatic rings. The van der Waals surface area contributed by atoms with E-state index >= 15 is 0 Å². The van der Waals surface area contributed by atoms with Crippen molar-refractivity contribution in [1.82, 2.24) is 15.4 Å². The van der Waals surface area contributed by atoms with E-state index in [1.807, 2.05) is 18.4 Å². The van der Waals surface area contributed by atoms with Gasteiger partial charge in [0.05, 0.1) is 12.8 Å². The summed E-state index contributed by atoms with van der Waals surface area (Å²) in [7, 11) is -2.17. The van der Waals surface area contributed by atoms with Gasteiger partial charge in [0.25, 0.3) is 0 Å². The van der Waals surface area contributed by atoms with Gasteiger partial charge in [-0.25, -0.2) is 4.57 Å². The van der Waals surface area contributed by atoms with Crippen LogP contribution < -0.4 is 18.7 Å². The van der Waals surface area contributed by atoms with Crippen LogP contribution in [0.1, 0.15) is 0 Å². The molecule has 1 aromatic heterocycles. The standard InChI is InChI=1S/C18H18N3O6PS/c1-24-13-7-11(8-14-18(13)26-9-25-14)17-16(19-21-20-17)10-4-5-15(29-3)12(6-10)27-28(2,22)23/h4-8H,9H2,1-3H3,(H,22,23)(H,19,20,21). The number of hydrogen-bond donors (Lipinski definition) is 2. The van der Waals surface area contributed by atoms with E-state index in [9.17, 15) is 9.46 Å². The third kappa shape index (κ3) is 3.91. The Morgan fingerprint density at radius 3 is 2.72 bits per heavy atom. The second kappa shape index (κ2) is 7.62. The second-order valence-corrected chi connectivity index (χ2v) is 8.84. The molecular formula is C18H18N3O6PS. The molecule has 152 valence electrons. The largest absolute Gasteiger partial charge is 0.493 e. The summed E-state index contributed by atoms with van der Waals surface area (Å²) in [4.78, 5) is 10.4. The van der Waals surface area contributed by atoms with Gasteiger partial charge in [-0.05, 0) is 30.5 Å². The Morgan fingerprint density at radius 2 is 2.00 bits per heavy atom. The highest BCUT2D eigenvalue weighted by molar-refractivity contribution is 7.98. The van der Waals surface area contributed by atoms with Gasteiger partial charge >= 0.3 is 7.60 Å². The Kier molecular flexibility index (Phi) is 5.16. The van der Waals surface area contributed by atoms with Crippen molar-refractivity contribution in [3.63, 3.8) is 0 Å². The molecule has 0 saturated carbocycles. The zero-order chi connectivity index (χ0) is 20.6. The lowest BCUT2D eigenvalue weighted by atomic mass is 10.0. The third-order valence-corrected chi connectivity index (χ3v) is 5.51. The molecule has 29 heavy (non-hydrogen) atoms. The minimum absolute atomic E-state index is 0.121. The highest BCUT2D eigenvalue weighted by Crippen LogP contribution is 2.46. The Morgan fingerprint density at radius 1 is 1.21 bits per heavy atom. The van der Waals surface area contributed by atoms with Gasteiger partial charge in [0.2, 0.25) is 12.5 Å². The molecule has 2 aromatic carbocycles. The van der Waals surface area contributed by atoms with Crippen molar-refractivity contribution in [2.24, 2.45) is 0 Å². The average Bonchev–Trinajstić information content (AvgIpc) is 3.35. The number of benzene rings is 2. The lowest BCUT2D eigenvalue weighted by Crippen LogP contribution is -1.93. The number of nitrogens with zero attached hydrogens (tertiary/aromatic N) is 2. The van der Waals surface area contributed by atoms with Crippen LogP contribution in [0.2, 0.25) is 0 Å². The Balaban J connectivity index is 1.80. The first-order valence-electron chi connectivity index (χ1n) is 8.47. The molecule has 2 heterocycles. The molecule has 9 nitrogen and oxygen atoms in total. The molecule has 4 rings (SSSR count). The van der Waals surface area contributed by atoms with Gasteiger partial charge in [-0.2, -0.15) is 0 Å². The molecule has 0 spiro atoms. The zero-order valence-corrected chi connectivity index (χ0v) is 17.5. The molecule has 11 heteroatoms. The zero-order valence-electron chi connectivity index (χ0n) is 15.8. The van der Waals surface area contributed by atoms with Crippen molar-refractivity contribution in [2.45, 2.75) is 4.90 Å². The smallest absolute Gasteiger partial charge is 0.373 e. The number of ether oxygens (including phenoxy) is 3. The fourth-order valence-electron chi connectivity index (χ4n) is 2.98. The maximum atomic E-state index is 11.8. The van der Waals surface area contributed by atoms with Crippen LogP contribution in [0.5, 0.6) is 23.0 Å². The maximum absolute atomic E-state index is 11.8. The maximum Gasteiger partial charge on any atom is 0.373 e. The monoisotopic (exact) mass is 435 g/mol. The van der Waals surface area contributed by atoms with Crippen molar-refractivity contribution in [3.05, 3.63) is 30.3 Å². The van der Waals surface area contributed by atoms with E-state index in [4.69, 9.17) is 18.7 Å². The number of rotatable bonds is 6. The summed E-state index contributed by atoms with van der Waals surface area (Å²) in [5.41, 5.74) is 2.60. The Hall–Kier alpha value is -2.68. The molecule has 2 N–H and O–H groups in total. The summed E-state index contributed by atoms with van der Waals surface area (Å²) in [5, 5.41) is 11.0. The number of H-pyrrole nitrogens is 1. The number of fused-ring (bicyclic) bond motifs is 1. The van der Waals surface area contributed by atoms with E-state index in [1.54, 1.807) is 25.3 Å². The summed E-state index contributed by atoms with van der Waals surface area (Å²) in [6.45, 7) is 1.27. The van der Waals surface area contributed by atoms with Crippen LogP contribution in [0.3, 0.4) is 0 Å². The van der Waals surface area contributed by atoms with Gasteiger partial charge in [-0.1, -0.05) is 11.3 Å². The van der Waals surface area contributed by atoms with Gasteiger partial charge in [0.1, 0.15) is 11.4 Å². The first-order valence-corrected chi connectivity index (χ1v) is 11.7. The van der Waals surface area contributed by atoms with E-state index in [2.05, 4.69) is 15.4 Å². The number of aromatic amines is 1. The van der Waals surface area contributed by atoms with Crippen LogP contribution in [0.4, 0.5) is 0 Å². The summed E-state index contributed by atoms with van der Waals surface area (Å²) < 4.78 is 33.4. The molecule has 0 saturated heterocycles. The van der Waals surface area contributed by atoms with E-state index in [0.717, 1.165) is 17.1 Å². The summed E-state index contributed by atoms with van der Waals surface area (Å²) >= 11 is 1.42. The Bertz CT molecular complexity index is 1110. The van der Waals surface area contributed by atoms with Gasteiger partial charge in [-0.3, -0.25) is 5.10 Å². The lowest BCUT2D eigenvalue weighted by Gasteiger charge is -2.13. The average molecular weight is 435 g/mol. The molecule has 0 aliphatic carbocycles. The number of methoxy groups -OCH3 is 1. The topological polar surface area (TPSA) is 116 Å². The number of aromatic nitrogens is 3. The summed E-state index contributed by atoms with van der Waals surface area (Å²) in [5.74, 6) is 1.94. The van der Waals surface area contributed by atoms with Crippen LogP contribution in [0.15, 0.2) is 35.2 Å². The highest BCUT2D eigenvalue weighted by Gasteiger charge is 2.24. The van der Waals surface area contributed by atoms with Crippen molar-refractivity contribution in [2.75, 3.05) is 26.8 Å². The molecule has 1 aliphatic heterocycles. The van der Waals surface area contributed by atoms with Gasteiger partial charge in [0.15, 0.2) is 11.5 Å². The predicted octanol–water partition coefficient (Wildman–Crippen LogP) is 3.79. The highest BCUT2D eigenvalue weighted by atomic mass is 32.2. The molecular weight excluding hydrogens is 417 g/mol. The van der Waals surface area contributed by atoms with E-state index < -0.39 is 7.60 Å². The van der Waals surface area contributed by atoms with Crippen LogP contribution >= 0.6 is 19.4 Å². The first-order chi connectivity index (χ1) is 13.9. The molecule has 1 atom stereocenters. The molecule has 0 radical (unpaired) electrons. The Labute approximate surface area is 170 Å². The fourth-order valence-corrected chi connectivity index (χ4v) is 4.07. The lowest BCUT2D eigenvalue weighted by molar-refractivity contribution is 0.171. The number of thioether (sulfide) groups is 1. The van der Waals surface area contributed by atoms with Gasteiger partial charge in [-0.15, -0.1) is 16.9 Å². The first kappa shape index (κ1) is 19.6. The number of nitrogens with one attached hydrogen (secondary N) is 1. The van der Waals surface area contributed by atoms with Crippen molar-refractivity contribution in [3.8, 4) is 45.5 Å². The second-order valence-electron chi connectivity index (χ2n) is 6.21. The SMILES string of the molecule is COc1cc(-c2nn[nH]c2-c2ccc(SC)c(OP(C)(=O)O)c2)cc2c1OCO2. The quantitative estimate of drug-likeness (QED) is 0.441. The van der Waals surface area contributed by atoms with Crippen LogP contribution in [0.25, 0.3) is 22.5 Å². The minimum atomic E-state index is -3.72.